The molecule has 4 rings (SSSR count). The number of carbonyl (C=O) groups excluding carboxylic acids is 3. The zero-order valence-electron chi connectivity index (χ0n) is 18.7. The third kappa shape index (κ3) is 3.58. The van der Waals surface area contributed by atoms with Crippen LogP contribution in [0.25, 0.3) is 0 Å². The normalized spacial score (nSPS) is 22.2. The highest BCUT2D eigenvalue weighted by molar-refractivity contribution is 6.22. The number of rotatable bonds is 6. The van der Waals surface area contributed by atoms with Crippen molar-refractivity contribution in [2.75, 3.05) is 13.2 Å². The molecule has 0 saturated heterocycles. The molecular weight excluding hydrogens is 424 g/mol. The van der Waals surface area contributed by atoms with Gasteiger partial charge in [0, 0.05) is 6.04 Å². The summed E-state index contributed by atoms with van der Waals surface area (Å²) in [6, 6.07) is 8.58. The average Bonchev–Trinajstić information content (AvgIpc) is 3.26. The Hall–Kier alpha value is -3.60. The predicted octanol–water partition coefficient (Wildman–Crippen LogP) is 3.14. The molecular formula is C25H26N2O6. The largest absolute Gasteiger partial charge is 0.468 e. The maximum absolute atomic E-state index is 13.7. The van der Waals surface area contributed by atoms with E-state index in [1.54, 1.807) is 38.1 Å². The number of ketones is 1. The van der Waals surface area contributed by atoms with Gasteiger partial charge in [-0.05, 0) is 38.8 Å². The minimum atomic E-state index is -2.09. The fraction of sp³-hybridized carbons (Fsp3) is 0.440. The zero-order chi connectivity index (χ0) is 23.6. The first-order chi connectivity index (χ1) is 16.0. The summed E-state index contributed by atoms with van der Waals surface area (Å²) in [7, 11) is 0. The average molecular weight is 450 g/mol. The van der Waals surface area contributed by atoms with Crippen LogP contribution in [-0.4, -0.2) is 42.6 Å². The highest BCUT2D eigenvalue weighted by Gasteiger charge is 2.63. The molecule has 2 aliphatic carbocycles. The van der Waals surface area contributed by atoms with Crippen molar-refractivity contribution in [1.82, 2.24) is 5.32 Å². The van der Waals surface area contributed by atoms with Crippen LogP contribution in [0.2, 0.25) is 0 Å². The number of nitrogens with zero attached hydrogens (tertiary/aromatic N) is 1. The van der Waals surface area contributed by atoms with Crippen molar-refractivity contribution in [2.24, 2.45) is 0 Å². The van der Waals surface area contributed by atoms with Gasteiger partial charge in [-0.2, -0.15) is 5.26 Å². The summed E-state index contributed by atoms with van der Waals surface area (Å²) in [6.45, 7) is 3.33. The summed E-state index contributed by atoms with van der Waals surface area (Å²) in [5.41, 5.74) is -2.34. The Balaban J connectivity index is 1.96. The maximum atomic E-state index is 13.7. The molecule has 3 aliphatic rings. The summed E-state index contributed by atoms with van der Waals surface area (Å²) in [4.78, 5) is 40.1. The summed E-state index contributed by atoms with van der Waals surface area (Å²) in [5.74, 6) is -2.05. The van der Waals surface area contributed by atoms with Gasteiger partial charge in [0.25, 0.3) is 0 Å². The van der Waals surface area contributed by atoms with E-state index < -0.39 is 23.3 Å². The van der Waals surface area contributed by atoms with Crippen LogP contribution >= 0.6 is 0 Å². The Morgan fingerprint density at radius 2 is 1.79 bits per heavy atom. The SMILES string of the molecule is CCOC(=O)C1=C(C(=O)OCC)[C@]2(Oc3ccccc3C2=O)C(C#N)=C1NC1CCCCC1. The van der Waals surface area contributed by atoms with E-state index in [-0.39, 0.29) is 53.0 Å². The number of benzene rings is 1. The Morgan fingerprint density at radius 1 is 1.12 bits per heavy atom. The summed E-state index contributed by atoms with van der Waals surface area (Å²) < 4.78 is 16.6. The molecule has 33 heavy (non-hydrogen) atoms. The molecule has 1 atom stereocenters. The number of ether oxygens (including phenoxy) is 3. The Kier molecular flexibility index (Phi) is 6.23. The topological polar surface area (TPSA) is 115 Å². The van der Waals surface area contributed by atoms with Gasteiger partial charge in [0.2, 0.25) is 11.4 Å². The molecule has 1 heterocycles. The van der Waals surface area contributed by atoms with E-state index in [2.05, 4.69) is 11.4 Å². The molecule has 1 spiro atoms. The Bertz CT molecular complexity index is 1110. The van der Waals surface area contributed by atoms with Crippen molar-refractivity contribution in [3.63, 3.8) is 0 Å². The van der Waals surface area contributed by atoms with E-state index >= 15 is 0 Å². The summed E-state index contributed by atoms with van der Waals surface area (Å²) >= 11 is 0. The molecule has 1 aliphatic heterocycles. The van der Waals surface area contributed by atoms with Crippen molar-refractivity contribution >= 4 is 17.7 Å². The van der Waals surface area contributed by atoms with Gasteiger partial charge in [0.15, 0.2) is 0 Å². The first kappa shape index (κ1) is 22.6. The number of carbonyl (C=O) groups is 3. The fourth-order valence-corrected chi connectivity index (χ4v) is 4.79. The number of esters is 2. The van der Waals surface area contributed by atoms with Crippen LogP contribution in [0.15, 0.2) is 46.7 Å². The van der Waals surface area contributed by atoms with Crippen molar-refractivity contribution in [3.8, 4) is 11.8 Å². The number of fused-ring (bicyclic) bond motifs is 1. The number of nitriles is 1. The molecule has 172 valence electrons. The third-order valence-electron chi connectivity index (χ3n) is 6.19. The van der Waals surface area contributed by atoms with E-state index in [9.17, 15) is 19.6 Å². The lowest BCUT2D eigenvalue weighted by Gasteiger charge is -2.26. The summed E-state index contributed by atoms with van der Waals surface area (Å²) in [5, 5.41) is 13.5. The van der Waals surface area contributed by atoms with Gasteiger partial charge >= 0.3 is 11.9 Å². The number of hydrogen-bond donors (Lipinski definition) is 1. The second-order valence-corrected chi connectivity index (χ2v) is 8.14. The maximum Gasteiger partial charge on any atom is 0.341 e. The van der Waals surface area contributed by atoms with Gasteiger partial charge in [-0.25, -0.2) is 9.59 Å². The highest BCUT2D eigenvalue weighted by Crippen LogP contribution is 2.50. The minimum Gasteiger partial charge on any atom is -0.468 e. The fourth-order valence-electron chi connectivity index (χ4n) is 4.79. The first-order valence-corrected chi connectivity index (χ1v) is 11.3. The molecule has 0 aromatic heterocycles. The molecule has 0 bridgehead atoms. The van der Waals surface area contributed by atoms with Gasteiger partial charge in [0.1, 0.15) is 23.0 Å². The van der Waals surface area contributed by atoms with Crippen LogP contribution in [0, 0.1) is 11.3 Å². The number of hydrogen-bond acceptors (Lipinski definition) is 8. The highest BCUT2D eigenvalue weighted by atomic mass is 16.5. The van der Waals surface area contributed by atoms with Gasteiger partial charge in [-0.3, -0.25) is 4.79 Å². The molecule has 0 amide bonds. The van der Waals surface area contributed by atoms with Crippen LogP contribution in [0.1, 0.15) is 56.3 Å². The lowest BCUT2D eigenvalue weighted by molar-refractivity contribution is -0.142. The van der Waals surface area contributed by atoms with Gasteiger partial charge < -0.3 is 19.5 Å². The number of Topliss-reactive ketones (excluding diaryl/α,β-unsaturated/α-hetero) is 1. The lowest BCUT2D eigenvalue weighted by Crippen LogP contribution is -2.46. The number of para-hydroxylation sites is 1. The number of nitrogens with one attached hydrogen (secondary N) is 1. The molecule has 0 radical (unpaired) electrons. The molecule has 1 aromatic rings. The zero-order valence-corrected chi connectivity index (χ0v) is 18.7. The minimum absolute atomic E-state index is 0.0148. The third-order valence-corrected chi connectivity index (χ3v) is 6.19. The molecule has 1 fully saturated rings. The summed E-state index contributed by atoms with van der Waals surface area (Å²) in [6.07, 6.45) is 4.80. The van der Waals surface area contributed by atoms with Crippen molar-refractivity contribution in [2.45, 2.75) is 57.6 Å². The van der Waals surface area contributed by atoms with Crippen LogP contribution < -0.4 is 10.1 Å². The molecule has 1 N–H and O–H groups in total. The second-order valence-electron chi connectivity index (χ2n) is 8.14. The van der Waals surface area contributed by atoms with Gasteiger partial charge in [-0.1, -0.05) is 31.4 Å². The lowest BCUT2D eigenvalue weighted by atomic mass is 9.84. The van der Waals surface area contributed by atoms with E-state index in [1.165, 1.54) is 0 Å². The Morgan fingerprint density at radius 3 is 2.42 bits per heavy atom. The van der Waals surface area contributed by atoms with Crippen molar-refractivity contribution in [1.29, 1.82) is 5.26 Å². The first-order valence-electron chi connectivity index (χ1n) is 11.3. The van der Waals surface area contributed by atoms with Crippen molar-refractivity contribution in [3.05, 3.63) is 52.2 Å². The van der Waals surface area contributed by atoms with Crippen LogP contribution in [0.3, 0.4) is 0 Å². The molecule has 8 nitrogen and oxygen atoms in total. The second kappa shape index (κ2) is 9.10. The molecule has 8 heteroatoms. The van der Waals surface area contributed by atoms with Crippen LogP contribution in [0.4, 0.5) is 0 Å². The Labute approximate surface area is 192 Å². The van der Waals surface area contributed by atoms with E-state index in [0.29, 0.717) is 0 Å². The van der Waals surface area contributed by atoms with E-state index in [0.717, 1.165) is 32.1 Å². The molecule has 1 saturated carbocycles. The molecule has 0 unspecified atom stereocenters. The standard InChI is InChI=1S/C25H26N2O6/c1-3-31-23(29)19-20(24(30)32-4-2)25(22(28)16-12-8-9-13-18(16)33-25)17(14-26)21(19)27-15-10-6-5-7-11-15/h8-9,12-13,15,27H,3-7,10-11H2,1-2H3/t25-/m1/s1. The predicted molar refractivity (Wildman–Crippen MR) is 117 cm³/mol. The van der Waals surface area contributed by atoms with Gasteiger partial charge in [-0.15, -0.1) is 0 Å². The van der Waals surface area contributed by atoms with Crippen molar-refractivity contribution < 1.29 is 28.6 Å². The van der Waals surface area contributed by atoms with E-state index in [4.69, 9.17) is 14.2 Å². The quantitative estimate of drug-likeness (QED) is 0.658. The van der Waals surface area contributed by atoms with E-state index in [1.807, 2.05) is 0 Å². The van der Waals surface area contributed by atoms with Crippen LogP contribution in [0.5, 0.6) is 5.75 Å². The smallest absolute Gasteiger partial charge is 0.341 e. The van der Waals surface area contributed by atoms with Gasteiger partial charge in [0.05, 0.1) is 30.0 Å². The molecule has 1 aromatic carbocycles. The van der Waals surface area contributed by atoms with Crippen LogP contribution in [-0.2, 0) is 19.1 Å². The monoisotopic (exact) mass is 450 g/mol.